The van der Waals surface area contributed by atoms with Crippen molar-refractivity contribution in [3.8, 4) is 5.75 Å². The molecule has 1 aromatic rings. The number of anilines is 1. The molecule has 0 heterocycles. The maximum atomic E-state index is 12.8. The quantitative estimate of drug-likeness (QED) is 0.535. The maximum absolute atomic E-state index is 12.8. The second-order valence-electron chi connectivity index (χ2n) is 2.30. The van der Waals surface area contributed by atoms with Crippen molar-refractivity contribution in [1.82, 2.24) is 0 Å². The molecular weight excluding hydrogens is 161 g/mol. The Labute approximate surface area is 68.9 Å². The van der Waals surface area contributed by atoms with Crippen LogP contribution in [0.25, 0.3) is 0 Å². The molecule has 2 N–H and O–H groups in total. The molecule has 4 heteroatoms. The van der Waals surface area contributed by atoms with E-state index in [1.807, 2.05) is 0 Å². The highest BCUT2D eigenvalue weighted by Gasteiger charge is 2.08. The first-order valence-electron chi connectivity index (χ1n) is 3.31. The smallest absolute Gasteiger partial charge is 0.298 e. The number of carbonyl (C=O) groups excluding carboxylic acids is 1. The molecule has 12 heavy (non-hydrogen) atoms. The number of rotatable bonds is 2. The molecule has 0 aliphatic rings. The molecule has 1 rings (SSSR count). The minimum absolute atomic E-state index is 0.0880. The van der Waals surface area contributed by atoms with Gasteiger partial charge in [0.2, 0.25) is 0 Å². The van der Waals surface area contributed by atoms with Gasteiger partial charge in [-0.3, -0.25) is 4.79 Å². The molecule has 0 fully saturated rings. The van der Waals surface area contributed by atoms with E-state index in [9.17, 15) is 9.18 Å². The Bertz CT molecular complexity index is 312. The molecule has 0 unspecified atom stereocenters. The van der Waals surface area contributed by atoms with Crippen molar-refractivity contribution in [3.63, 3.8) is 0 Å². The number of hydrogen-bond donors (Lipinski definition) is 1. The van der Waals surface area contributed by atoms with E-state index < -0.39 is 5.82 Å². The van der Waals surface area contributed by atoms with Crippen LogP contribution in [0.5, 0.6) is 5.75 Å². The van der Waals surface area contributed by atoms with Gasteiger partial charge in [-0.1, -0.05) is 0 Å². The molecule has 3 nitrogen and oxygen atoms in total. The third kappa shape index (κ3) is 1.37. The highest BCUT2D eigenvalue weighted by atomic mass is 19.1. The number of carbonyl (C=O) groups is 1. The molecule has 0 amide bonds. The number of halogens is 1. The van der Waals surface area contributed by atoms with Gasteiger partial charge in [0.15, 0.2) is 5.75 Å². The van der Waals surface area contributed by atoms with Crippen LogP contribution >= 0.6 is 0 Å². The van der Waals surface area contributed by atoms with Crippen LogP contribution in [0.15, 0.2) is 12.1 Å². The summed E-state index contributed by atoms with van der Waals surface area (Å²) in [5.74, 6) is -0.356. The molecule has 0 saturated heterocycles. The summed E-state index contributed by atoms with van der Waals surface area (Å²) < 4.78 is 17.3. The number of ether oxygens (including phenoxy) is 1. The van der Waals surface area contributed by atoms with E-state index in [-0.39, 0.29) is 23.5 Å². The first kappa shape index (κ1) is 8.52. The Morgan fingerprint density at radius 1 is 1.58 bits per heavy atom. The zero-order chi connectivity index (χ0) is 9.14. The predicted molar refractivity (Wildman–Crippen MR) is 42.2 cm³/mol. The second-order valence-corrected chi connectivity index (χ2v) is 2.30. The molecule has 0 atom stereocenters. The normalized spacial score (nSPS) is 9.50. The molecule has 0 aromatic heterocycles. The van der Waals surface area contributed by atoms with E-state index >= 15 is 0 Å². The van der Waals surface area contributed by atoms with Crippen molar-refractivity contribution in [3.05, 3.63) is 23.5 Å². The number of hydrogen-bond acceptors (Lipinski definition) is 3. The minimum Gasteiger partial charge on any atom is -0.426 e. The van der Waals surface area contributed by atoms with Gasteiger partial charge in [0, 0.05) is 5.56 Å². The van der Waals surface area contributed by atoms with E-state index in [0.29, 0.717) is 0 Å². The Hall–Kier alpha value is -1.58. The third-order valence-corrected chi connectivity index (χ3v) is 1.54. The zero-order valence-corrected chi connectivity index (χ0v) is 6.50. The lowest BCUT2D eigenvalue weighted by Gasteiger charge is -2.06. The lowest BCUT2D eigenvalue weighted by Crippen LogP contribution is -1.99. The van der Waals surface area contributed by atoms with Crippen LogP contribution in [0.1, 0.15) is 5.56 Å². The summed E-state index contributed by atoms with van der Waals surface area (Å²) in [4.78, 5) is 9.99. The van der Waals surface area contributed by atoms with Gasteiger partial charge in [-0.2, -0.15) is 0 Å². The molecule has 0 radical (unpaired) electrons. The van der Waals surface area contributed by atoms with Crippen LogP contribution in [0.4, 0.5) is 10.1 Å². The van der Waals surface area contributed by atoms with Crippen LogP contribution in [0, 0.1) is 12.7 Å². The van der Waals surface area contributed by atoms with Gasteiger partial charge in [-0.25, -0.2) is 4.39 Å². The first-order chi connectivity index (χ1) is 5.66. The average molecular weight is 169 g/mol. The molecular formula is C8H8FNO2. The van der Waals surface area contributed by atoms with E-state index in [0.717, 1.165) is 0 Å². The predicted octanol–water partition coefficient (Wildman–Crippen LogP) is 1.25. The SMILES string of the molecule is Cc1c(F)ccc(N)c1OC=O. The van der Waals surface area contributed by atoms with Crippen molar-refractivity contribution < 1.29 is 13.9 Å². The summed E-state index contributed by atoms with van der Waals surface area (Å²) >= 11 is 0. The summed E-state index contributed by atoms with van der Waals surface area (Å²) in [6, 6.07) is 2.57. The largest absolute Gasteiger partial charge is 0.426 e. The van der Waals surface area contributed by atoms with Crippen molar-refractivity contribution in [1.29, 1.82) is 0 Å². The second kappa shape index (κ2) is 3.21. The summed E-state index contributed by atoms with van der Waals surface area (Å²) in [6.45, 7) is 1.71. The van der Waals surface area contributed by atoms with Crippen molar-refractivity contribution in [2.75, 3.05) is 5.73 Å². The van der Waals surface area contributed by atoms with Gasteiger partial charge >= 0.3 is 0 Å². The molecule has 0 bridgehead atoms. The van der Waals surface area contributed by atoms with Crippen LogP contribution in [-0.2, 0) is 4.79 Å². The van der Waals surface area contributed by atoms with E-state index in [1.54, 1.807) is 0 Å². The fraction of sp³-hybridized carbons (Fsp3) is 0.125. The lowest BCUT2D eigenvalue weighted by atomic mass is 10.2. The van der Waals surface area contributed by atoms with Gasteiger partial charge in [0.1, 0.15) is 5.82 Å². The molecule has 0 aliphatic carbocycles. The van der Waals surface area contributed by atoms with Gasteiger partial charge in [-0.05, 0) is 19.1 Å². The van der Waals surface area contributed by atoms with E-state index in [1.165, 1.54) is 19.1 Å². The van der Waals surface area contributed by atoms with E-state index in [4.69, 9.17) is 5.73 Å². The molecule has 64 valence electrons. The van der Waals surface area contributed by atoms with Crippen LogP contribution in [-0.4, -0.2) is 6.47 Å². The Kier molecular flexibility index (Phi) is 2.28. The van der Waals surface area contributed by atoms with Crippen LogP contribution in [0.2, 0.25) is 0 Å². The molecule has 0 saturated carbocycles. The monoisotopic (exact) mass is 169 g/mol. The summed E-state index contributed by atoms with van der Waals surface area (Å²) in [7, 11) is 0. The highest BCUT2D eigenvalue weighted by Crippen LogP contribution is 2.27. The number of nitrogens with two attached hydrogens (primary N) is 1. The maximum Gasteiger partial charge on any atom is 0.298 e. The highest BCUT2D eigenvalue weighted by molar-refractivity contribution is 5.61. The Morgan fingerprint density at radius 3 is 2.83 bits per heavy atom. The van der Waals surface area contributed by atoms with Gasteiger partial charge < -0.3 is 10.5 Å². The van der Waals surface area contributed by atoms with Crippen molar-refractivity contribution in [2.45, 2.75) is 6.92 Å². The van der Waals surface area contributed by atoms with Gasteiger partial charge in [0.25, 0.3) is 6.47 Å². The molecule has 0 aliphatic heterocycles. The van der Waals surface area contributed by atoms with Crippen molar-refractivity contribution in [2.24, 2.45) is 0 Å². The fourth-order valence-corrected chi connectivity index (χ4v) is 0.893. The zero-order valence-electron chi connectivity index (χ0n) is 6.50. The summed E-state index contributed by atoms with van der Waals surface area (Å²) in [5.41, 5.74) is 5.91. The van der Waals surface area contributed by atoms with Crippen LogP contribution < -0.4 is 10.5 Å². The van der Waals surface area contributed by atoms with Crippen molar-refractivity contribution >= 4 is 12.2 Å². The number of benzene rings is 1. The summed E-state index contributed by atoms with van der Waals surface area (Å²) in [5, 5.41) is 0. The van der Waals surface area contributed by atoms with Crippen LogP contribution in [0.3, 0.4) is 0 Å². The Balaban J connectivity index is 3.22. The van der Waals surface area contributed by atoms with Gasteiger partial charge in [-0.15, -0.1) is 0 Å². The summed E-state index contributed by atoms with van der Waals surface area (Å²) in [6.07, 6.45) is 0. The topological polar surface area (TPSA) is 52.3 Å². The van der Waals surface area contributed by atoms with Gasteiger partial charge in [0.05, 0.1) is 5.69 Å². The molecule has 0 spiro atoms. The third-order valence-electron chi connectivity index (χ3n) is 1.54. The Morgan fingerprint density at radius 2 is 2.25 bits per heavy atom. The first-order valence-corrected chi connectivity index (χ1v) is 3.31. The average Bonchev–Trinajstić information content (AvgIpc) is 2.06. The van der Waals surface area contributed by atoms with E-state index in [2.05, 4.69) is 4.74 Å². The molecule has 1 aromatic carbocycles. The minimum atomic E-state index is -0.443. The lowest BCUT2D eigenvalue weighted by molar-refractivity contribution is -0.120. The number of nitrogen functional groups attached to an aromatic ring is 1. The fourth-order valence-electron chi connectivity index (χ4n) is 0.893. The standard InChI is InChI=1S/C8H8FNO2/c1-5-6(9)2-3-7(10)8(5)12-4-11/h2-4H,10H2,1H3.